The highest BCUT2D eigenvalue weighted by molar-refractivity contribution is 7.89. The van der Waals surface area contributed by atoms with Crippen LogP contribution in [0.4, 0.5) is 0 Å². The lowest BCUT2D eigenvalue weighted by Gasteiger charge is -2.46. The second-order valence-electron chi connectivity index (χ2n) is 6.67. The van der Waals surface area contributed by atoms with E-state index in [0.717, 1.165) is 44.4 Å². The van der Waals surface area contributed by atoms with Gasteiger partial charge in [0.2, 0.25) is 10.0 Å². The molecule has 2 N–H and O–H groups in total. The van der Waals surface area contributed by atoms with Crippen molar-refractivity contribution in [2.24, 2.45) is 17.6 Å². The second-order valence-corrected chi connectivity index (χ2v) is 8.60. The van der Waals surface area contributed by atoms with Crippen molar-refractivity contribution in [1.82, 2.24) is 4.31 Å². The Balaban J connectivity index is 2.14. The first-order valence-electron chi connectivity index (χ1n) is 8.18. The minimum Gasteiger partial charge on any atom is -0.329 e. The van der Waals surface area contributed by atoms with Gasteiger partial charge in [-0.15, -0.1) is 0 Å². The summed E-state index contributed by atoms with van der Waals surface area (Å²) in [7, 11) is -3.15. The molecule has 0 unspecified atom stereocenters. The summed E-state index contributed by atoms with van der Waals surface area (Å²) in [5.41, 5.74) is 5.73. The van der Waals surface area contributed by atoms with E-state index in [1.807, 2.05) is 6.92 Å². The van der Waals surface area contributed by atoms with Crippen molar-refractivity contribution in [1.29, 1.82) is 0 Å². The first-order valence-corrected chi connectivity index (χ1v) is 9.79. The topological polar surface area (TPSA) is 63.4 Å². The Labute approximate surface area is 124 Å². The summed E-state index contributed by atoms with van der Waals surface area (Å²) in [4.78, 5) is 0. The molecule has 0 spiro atoms. The molecule has 0 amide bonds. The molecule has 0 atom stereocenters. The quantitative estimate of drug-likeness (QED) is 0.785. The fraction of sp³-hybridized carbons (Fsp3) is 1.00. The van der Waals surface area contributed by atoms with Gasteiger partial charge in [0.1, 0.15) is 0 Å². The normalized spacial score (nSPS) is 31.7. The number of hydrogen-bond acceptors (Lipinski definition) is 3. The van der Waals surface area contributed by atoms with Crippen LogP contribution in [0, 0.1) is 11.8 Å². The van der Waals surface area contributed by atoms with Crippen LogP contribution in [0.3, 0.4) is 0 Å². The summed E-state index contributed by atoms with van der Waals surface area (Å²) in [5, 5.41) is 0. The Bertz CT molecular complexity index is 410. The van der Waals surface area contributed by atoms with Gasteiger partial charge in [-0.05, 0) is 50.4 Å². The average molecular weight is 302 g/mol. The zero-order valence-corrected chi connectivity index (χ0v) is 13.8. The predicted octanol–water partition coefficient (Wildman–Crippen LogP) is 2.35. The van der Waals surface area contributed by atoms with Crippen molar-refractivity contribution >= 4 is 10.0 Å². The number of sulfonamides is 1. The molecule has 0 heterocycles. The smallest absolute Gasteiger partial charge is 0.214 e. The van der Waals surface area contributed by atoms with Gasteiger partial charge in [-0.1, -0.05) is 20.3 Å². The van der Waals surface area contributed by atoms with Crippen molar-refractivity contribution in [3.05, 3.63) is 0 Å². The molecule has 0 aromatic carbocycles. The zero-order chi connectivity index (χ0) is 14.8. The van der Waals surface area contributed by atoms with Crippen molar-refractivity contribution < 1.29 is 8.42 Å². The van der Waals surface area contributed by atoms with E-state index >= 15 is 0 Å². The second kappa shape index (κ2) is 6.32. The third kappa shape index (κ3) is 3.37. The number of rotatable bonds is 7. The molecule has 0 radical (unpaired) electrons. The van der Waals surface area contributed by atoms with Crippen molar-refractivity contribution in [2.45, 2.75) is 64.3 Å². The van der Waals surface area contributed by atoms with Gasteiger partial charge in [0.15, 0.2) is 0 Å². The van der Waals surface area contributed by atoms with Crippen LogP contribution in [-0.4, -0.2) is 37.1 Å². The van der Waals surface area contributed by atoms with Crippen LogP contribution in [0.15, 0.2) is 0 Å². The Kier molecular flexibility index (Phi) is 5.14. The van der Waals surface area contributed by atoms with Crippen molar-refractivity contribution in [3.63, 3.8) is 0 Å². The number of likely N-dealkylation sites (N-methyl/N-ethyl adjacent to an activating group) is 1. The van der Waals surface area contributed by atoms with Gasteiger partial charge in [-0.2, -0.15) is 4.31 Å². The lowest BCUT2D eigenvalue weighted by atomic mass is 9.75. The van der Waals surface area contributed by atoms with Gasteiger partial charge < -0.3 is 5.73 Å². The maximum atomic E-state index is 12.7. The van der Waals surface area contributed by atoms with Crippen LogP contribution in [-0.2, 0) is 10.0 Å². The highest BCUT2D eigenvalue weighted by Gasteiger charge is 2.45. The molecular formula is C15H30N2O2S. The molecule has 2 fully saturated rings. The molecule has 0 bridgehead atoms. The molecule has 4 nitrogen and oxygen atoms in total. The number of nitrogens with zero attached hydrogens (tertiary/aromatic N) is 1. The van der Waals surface area contributed by atoms with Gasteiger partial charge in [0.05, 0.1) is 5.75 Å². The summed E-state index contributed by atoms with van der Waals surface area (Å²) < 4.78 is 27.1. The summed E-state index contributed by atoms with van der Waals surface area (Å²) in [6, 6.07) is 0. The molecule has 2 aliphatic rings. The van der Waals surface area contributed by atoms with Crippen molar-refractivity contribution in [3.8, 4) is 0 Å². The van der Waals surface area contributed by atoms with Crippen LogP contribution in [0.2, 0.25) is 0 Å². The van der Waals surface area contributed by atoms with Crippen LogP contribution in [0.5, 0.6) is 0 Å². The Morgan fingerprint density at radius 3 is 2.10 bits per heavy atom. The molecule has 118 valence electrons. The van der Waals surface area contributed by atoms with E-state index in [0.29, 0.717) is 24.8 Å². The number of nitrogens with two attached hydrogens (primary N) is 1. The molecule has 0 saturated heterocycles. The first-order chi connectivity index (χ1) is 9.47. The maximum absolute atomic E-state index is 12.7. The van der Waals surface area contributed by atoms with Gasteiger partial charge in [-0.3, -0.25) is 0 Å². The predicted molar refractivity (Wildman–Crippen MR) is 82.9 cm³/mol. The van der Waals surface area contributed by atoms with Crippen LogP contribution >= 0.6 is 0 Å². The van der Waals surface area contributed by atoms with Crippen LogP contribution < -0.4 is 5.73 Å². The third-order valence-corrected chi connectivity index (χ3v) is 7.50. The molecule has 5 heteroatoms. The maximum Gasteiger partial charge on any atom is 0.214 e. The van der Waals surface area contributed by atoms with E-state index in [1.165, 1.54) is 6.42 Å². The van der Waals surface area contributed by atoms with Crippen molar-refractivity contribution in [2.75, 3.05) is 18.8 Å². The summed E-state index contributed by atoms with van der Waals surface area (Å²) in [6.07, 6.45) is 7.43. The molecule has 0 aliphatic heterocycles. The van der Waals surface area contributed by atoms with Crippen LogP contribution in [0.25, 0.3) is 0 Å². The molecule has 0 aromatic heterocycles. The lowest BCUT2D eigenvalue weighted by Crippen LogP contribution is -2.58. The highest BCUT2D eigenvalue weighted by Crippen LogP contribution is 2.40. The lowest BCUT2D eigenvalue weighted by molar-refractivity contribution is 0.114. The van der Waals surface area contributed by atoms with E-state index in [9.17, 15) is 8.42 Å². The van der Waals surface area contributed by atoms with E-state index in [1.54, 1.807) is 4.31 Å². The fourth-order valence-corrected chi connectivity index (χ4v) is 6.03. The Hall–Kier alpha value is -0.130. The summed E-state index contributed by atoms with van der Waals surface area (Å²) in [5.74, 6) is 1.48. The van der Waals surface area contributed by atoms with E-state index < -0.39 is 10.0 Å². The largest absolute Gasteiger partial charge is 0.329 e. The molecule has 2 rings (SSSR count). The monoisotopic (exact) mass is 302 g/mol. The third-order valence-electron chi connectivity index (χ3n) is 5.29. The Morgan fingerprint density at radius 2 is 1.70 bits per heavy atom. The highest BCUT2D eigenvalue weighted by atomic mass is 32.2. The fourth-order valence-electron chi connectivity index (χ4n) is 3.68. The molecular weight excluding hydrogens is 272 g/mol. The molecule has 0 aromatic rings. The Morgan fingerprint density at radius 1 is 1.10 bits per heavy atom. The summed E-state index contributed by atoms with van der Waals surface area (Å²) >= 11 is 0. The standard InChI is InChI=1S/C15H30N2O2S/c1-3-13-7-9-15(12-16,10-8-13)17(4-2)20(18,19)11-14-5-6-14/h13-14H,3-12,16H2,1-2H3. The minimum atomic E-state index is -3.15. The van der Waals surface area contributed by atoms with E-state index in [4.69, 9.17) is 5.73 Å². The minimum absolute atomic E-state index is 0.311. The zero-order valence-electron chi connectivity index (χ0n) is 13.0. The van der Waals surface area contributed by atoms with Gasteiger partial charge in [-0.25, -0.2) is 8.42 Å². The van der Waals surface area contributed by atoms with Gasteiger partial charge >= 0.3 is 0 Å². The summed E-state index contributed by atoms with van der Waals surface area (Å²) in [6.45, 7) is 5.19. The molecule has 2 aliphatic carbocycles. The van der Waals surface area contributed by atoms with E-state index in [2.05, 4.69) is 6.92 Å². The van der Waals surface area contributed by atoms with Gasteiger partial charge in [0, 0.05) is 18.6 Å². The average Bonchev–Trinajstić information content (AvgIpc) is 3.23. The SMILES string of the molecule is CCC1CCC(CN)(N(CC)S(=O)(=O)CC2CC2)CC1. The van der Waals surface area contributed by atoms with Gasteiger partial charge in [0.25, 0.3) is 0 Å². The van der Waals surface area contributed by atoms with E-state index in [-0.39, 0.29) is 5.54 Å². The molecule has 2 saturated carbocycles. The molecule has 20 heavy (non-hydrogen) atoms. The number of hydrogen-bond donors (Lipinski definition) is 1. The van der Waals surface area contributed by atoms with Crippen LogP contribution in [0.1, 0.15) is 58.8 Å². The first kappa shape index (κ1) is 16.2.